The summed E-state index contributed by atoms with van der Waals surface area (Å²) in [6, 6.07) is 2.82. The molecule has 0 aliphatic carbocycles. The number of aliphatic carboxylic acids is 1. The Kier molecular flexibility index (Phi) is 4.59. The Morgan fingerprint density at radius 2 is 1.94 bits per heavy atom. The predicted octanol–water partition coefficient (Wildman–Crippen LogP) is 2.08. The van der Waals surface area contributed by atoms with Crippen LogP contribution < -0.4 is 4.74 Å². The van der Waals surface area contributed by atoms with Crippen molar-refractivity contribution in [3.63, 3.8) is 0 Å². The van der Waals surface area contributed by atoms with Gasteiger partial charge in [0.1, 0.15) is 5.75 Å². The standard InChI is InChI=1S/C11H13ClO5S/c1-7-8(2)10(18(12,15)16)4-3-9(7)17-6-5-11(13)14/h3-4H,5-6H2,1-2H3,(H,13,14). The summed E-state index contributed by atoms with van der Waals surface area (Å²) in [4.78, 5) is 10.4. The maximum atomic E-state index is 11.3. The van der Waals surface area contributed by atoms with Gasteiger partial charge in [0.15, 0.2) is 0 Å². The molecule has 0 aromatic heterocycles. The van der Waals surface area contributed by atoms with E-state index in [0.29, 0.717) is 16.9 Å². The Morgan fingerprint density at radius 1 is 1.33 bits per heavy atom. The average molecular weight is 293 g/mol. The van der Waals surface area contributed by atoms with Crippen molar-refractivity contribution in [3.8, 4) is 5.75 Å². The van der Waals surface area contributed by atoms with Gasteiger partial charge in [0.2, 0.25) is 0 Å². The van der Waals surface area contributed by atoms with E-state index in [4.69, 9.17) is 20.5 Å². The Balaban J connectivity index is 2.98. The largest absolute Gasteiger partial charge is 0.493 e. The lowest BCUT2D eigenvalue weighted by Crippen LogP contribution is -2.06. The maximum absolute atomic E-state index is 11.3. The quantitative estimate of drug-likeness (QED) is 0.840. The molecule has 0 aliphatic heterocycles. The summed E-state index contributed by atoms with van der Waals surface area (Å²) < 4.78 is 27.8. The summed E-state index contributed by atoms with van der Waals surface area (Å²) in [6.07, 6.45) is -0.117. The van der Waals surface area contributed by atoms with Crippen molar-refractivity contribution in [2.75, 3.05) is 6.61 Å². The highest BCUT2D eigenvalue weighted by Gasteiger charge is 2.17. The smallest absolute Gasteiger partial charge is 0.306 e. The van der Waals surface area contributed by atoms with Crippen molar-refractivity contribution < 1.29 is 23.1 Å². The molecule has 0 aliphatic rings. The Morgan fingerprint density at radius 3 is 2.44 bits per heavy atom. The molecule has 1 N–H and O–H groups in total. The van der Waals surface area contributed by atoms with Crippen LogP contribution >= 0.6 is 10.7 Å². The first-order valence-corrected chi connectivity index (χ1v) is 7.44. The number of carboxylic acids is 1. The van der Waals surface area contributed by atoms with E-state index in [2.05, 4.69) is 0 Å². The number of hydrogen-bond acceptors (Lipinski definition) is 4. The highest BCUT2D eigenvalue weighted by molar-refractivity contribution is 8.13. The van der Waals surface area contributed by atoms with Gasteiger partial charge in [0, 0.05) is 10.7 Å². The van der Waals surface area contributed by atoms with E-state index in [1.165, 1.54) is 12.1 Å². The summed E-state index contributed by atoms with van der Waals surface area (Å²) in [6.45, 7) is 3.34. The zero-order valence-corrected chi connectivity index (χ0v) is 11.5. The van der Waals surface area contributed by atoms with Gasteiger partial charge in [0.05, 0.1) is 17.9 Å². The second-order valence-corrected chi connectivity index (χ2v) is 6.28. The molecule has 0 radical (unpaired) electrons. The van der Waals surface area contributed by atoms with E-state index in [1.54, 1.807) is 13.8 Å². The van der Waals surface area contributed by atoms with E-state index in [-0.39, 0.29) is 17.9 Å². The molecule has 1 aromatic carbocycles. The summed E-state index contributed by atoms with van der Waals surface area (Å²) in [5, 5.41) is 8.49. The van der Waals surface area contributed by atoms with E-state index in [9.17, 15) is 13.2 Å². The van der Waals surface area contributed by atoms with Crippen LogP contribution in [0.2, 0.25) is 0 Å². The molecule has 1 rings (SSSR count). The Bertz CT molecular complexity index is 565. The number of halogens is 1. The highest BCUT2D eigenvalue weighted by Crippen LogP contribution is 2.28. The van der Waals surface area contributed by atoms with Crippen LogP contribution in [-0.2, 0) is 13.8 Å². The van der Waals surface area contributed by atoms with Gasteiger partial charge in [-0.05, 0) is 37.1 Å². The van der Waals surface area contributed by atoms with Gasteiger partial charge in [0.25, 0.3) is 9.05 Å². The molecule has 0 saturated heterocycles. The van der Waals surface area contributed by atoms with Gasteiger partial charge in [-0.15, -0.1) is 0 Å². The van der Waals surface area contributed by atoms with Gasteiger partial charge >= 0.3 is 5.97 Å². The van der Waals surface area contributed by atoms with Gasteiger partial charge in [-0.2, -0.15) is 0 Å². The average Bonchev–Trinajstić information content (AvgIpc) is 2.22. The highest BCUT2D eigenvalue weighted by atomic mass is 35.7. The summed E-state index contributed by atoms with van der Waals surface area (Å²) in [7, 11) is 1.50. The fourth-order valence-corrected chi connectivity index (χ4v) is 2.69. The third kappa shape index (κ3) is 3.61. The number of carbonyl (C=O) groups is 1. The van der Waals surface area contributed by atoms with Gasteiger partial charge in [-0.1, -0.05) is 0 Å². The molecule has 0 amide bonds. The summed E-state index contributed by atoms with van der Waals surface area (Å²) >= 11 is 0. The van der Waals surface area contributed by atoms with Crippen LogP contribution in [0.1, 0.15) is 17.5 Å². The molecule has 0 unspecified atom stereocenters. The predicted molar refractivity (Wildman–Crippen MR) is 66.7 cm³/mol. The lowest BCUT2D eigenvalue weighted by molar-refractivity contribution is -0.137. The summed E-state index contributed by atoms with van der Waals surface area (Å²) in [5.74, 6) is -0.498. The van der Waals surface area contributed by atoms with Gasteiger partial charge in [-0.25, -0.2) is 8.42 Å². The SMILES string of the molecule is Cc1c(OCCC(=O)O)ccc(S(=O)(=O)Cl)c1C. The third-order valence-electron chi connectivity index (χ3n) is 2.52. The Hall–Kier alpha value is -1.27. The van der Waals surface area contributed by atoms with Gasteiger partial charge in [-0.3, -0.25) is 4.79 Å². The zero-order valence-electron chi connectivity index (χ0n) is 9.94. The molecule has 0 bridgehead atoms. The van der Waals surface area contributed by atoms with E-state index >= 15 is 0 Å². The number of carboxylic acid groups (broad SMARTS) is 1. The van der Waals surface area contributed by atoms with Crippen molar-refractivity contribution in [2.45, 2.75) is 25.2 Å². The fraction of sp³-hybridized carbons (Fsp3) is 0.364. The number of hydrogen-bond donors (Lipinski definition) is 1. The normalized spacial score (nSPS) is 11.3. The number of rotatable bonds is 5. The zero-order chi connectivity index (χ0) is 13.9. The first kappa shape index (κ1) is 14.8. The lowest BCUT2D eigenvalue weighted by Gasteiger charge is -2.12. The van der Waals surface area contributed by atoms with Crippen LogP contribution in [0, 0.1) is 13.8 Å². The number of ether oxygens (including phenoxy) is 1. The molecular formula is C11H13ClO5S. The van der Waals surface area contributed by atoms with E-state index < -0.39 is 15.0 Å². The second-order valence-electron chi connectivity index (χ2n) is 3.74. The molecule has 5 nitrogen and oxygen atoms in total. The first-order chi connectivity index (χ1) is 8.23. The molecule has 0 spiro atoms. The molecule has 0 heterocycles. The summed E-state index contributed by atoms with van der Waals surface area (Å²) in [5.41, 5.74) is 1.12. The van der Waals surface area contributed by atoms with Crippen LogP contribution in [0.25, 0.3) is 0 Å². The van der Waals surface area contributed by atoms with Crippen LogP contribution in [0.4, 0.5) is 0 Å². The van der Waals surface area contributed by atoms with Crippen LogP contribution in [0.15, 0.2) is 17.0 Å². The van der Waals surface area contributed by atoms with Crippen LogP contribution in [0.3, 0.4) is 0 Å². The van der Waals surface area contributed by atoms with Crippen molar-refractivity contribution in [1.82, 2.24) is 0 Å². The minimum Gasteiger partial charge on any atom is -0.493 e. The van der Waals surface area contributed by atoms with Crippen molar-refractivity contribution >= 4 is 25.7 Å². The second kappa shape index (κ2) is 5.58. The molecule has 100 valence electrons. The number of benzene rings is 1. The molecule has 1 aromatic rings. The van der Waals surface area contributed by atoms with E-state index in [1.807, 2.05) is 0 Å². The molecule has 0 saturated carbocycles. The molecule has 18 heavy (non-hydrogen) atoms. The minimum atomic E-state index is -3.78. The first-order valence-electron chi connectivity index (χ1n) is 5.13. The van der Waals surface area contributed by atoms with Crippen molar-refractivity contribution in [1.29, 1.82) is 0 Å². The third-order valence-corrected chi connectivity index (χ3v) is 3.99. The van der Waals surface area contributed by atoms with Crippen LogP contribution in [0.5, 0.6) is 5.75 Å². The minimum absolute atomic E-state index is 0.0303. The monoisotopic (exact) mass is 292 g/mol. The van der Waals surface area contributed by atoms with Crippen molar-refractivity contribution in [2.24, 2.45) is 0 Å². The molecule has 7 heteroatoms. The fourth-order valence-electron chi connectivity index (χ4n) is 1.44. The van der Waals surface area contributed by atoms with Gasteiger partial charge < -0.3 is 9.84 Å². The van der Waals surface area contributed by atoms with E-state index in [0.717, 1.165) is 0 Å². The van der Waals surface area contributed by atoms with Crippen LogP contribution in [-0.4, -0.2) is 26.1 Å². The maximum Gasteiger partial charge on any atom is 0.306 e. The molecule has 0 atom stereocenters. The lowest BCUT2D eigenvalue weighted by atomic mass is 10.1. The topological polar surface area (TPSA) is 80.7 Å². The van der Waals surface area contributed by atoms with Crippen molar-refractivity contribution in [3.05, 3.63) is 23.3 Å². The molecule has 0 fully saturated rings. The Labute approximate surface area is 110 Å². The molecular weight excluding hydrogens is 280 g/mol.